The maximum absolute atomic E-state index is 11.9. The topological polar surface area (TPSA) is 101 Å². The summed E-state index contributed by atoms with van der Waals surface area (Å²) in [6.45, 7) is 2.58. The lowest BCUT2D eigenvalue weighted by Crippen LogP contribution is -2.26. The molecule has 24 heavy (non-hydrogen) atoms. The fraction of sp³-hybridized carbons (Fsp3) is 0.562. The highest BCUT2D eigenvalue weighted by atomic mass is 35.5. The van der Waals surface area contributed by atoms with Crippen LogP contribution >= 0.6 is 12.4 Å². The second-order valence-electron chi connectivity index (χ2n) is 5.52. The molecule has 4 N–H and O–H groups in total. The molecular weight excluding hydrogens is 350 g/mol. The van der Waals surface area contributed by atoms with Crippen molar-refractivity contribution in [2.45, 2.75) is 50.0 Å². The summed E-state index contributed by atoms with van der Waals surface area (Å²) in [6.07, 6.45) is 4.43. The first-order chi connectivity index (χ1) is 10.9. The van der Waals surface area contributed by atoms with Crippen molar-refractivity contribution in [2.75, 3.05) is 13.6 Å². The standard InChI is InChI=1S/C16H27N3O3S.ClH/c1-13(19-16(20)7-5-3-4-6-12-17)14-8-10-15(11-9-14)23(21,22)18-2;/h8-11,13,18H,3-7,12,17H2,1-2H3,(H,19,20);1H. The Labute approximate surface area is 151 Å². The van der Waals surface area contributed by atoms with E-state index in [-0.39, 0.29) is 29.3 Å². The molecule has 1 atom stereocenters. The van der Waals surface area contributed by atoms with E-state index in [1.807, 2.05) is 6.92 Å². The van der Waals surface area contributed by atoms with Gasteiger partial charge < -0.3 is 11.1 Å². The summed E-state index contributed by atoms with van der Waals surface area (Å²) in [5.41, 5.74) is 6.30. The van der Waals surface area contributed by atoms with Gasteiger partial charge in [0.2, 0.25) is 15.9 Å². The molecule has 0 aliphatic rings. The summed E-state index contributed by atoms with van der Waals surface area (Å²) >= 11 is 0. The van der Waals surface area contributed by atoms with Crippen LogP contribution in [0.3, 0.4) is 0 Å². The van der Waals surface area contributed by atoms with Gasteiger partial charge in [0.15, 0.2) is 0 Å². The van der Waals surface area contributed by atoms with Crippen molar-refractivity contribution in [1.82, 2.24) is 10.0 Å². The molecule has 1 aromatic carbocycles. The molecule has 0 saturated carbocycles. The molecule has 0 aliphatic carbocycles. The lowest BCUT2D eigenvalue weighted by Gasteiger charge is -2.15. The zero-order valence-corrected chi connectivity index (χ0v) is 15.9. The predicted molar refractivity (Wildman–Crippen MR) is 98.6 cm³/mol. The Kier molecular flexibility index (Phi) is 10.9. The normalized spacial score (nSPS) is 12.3. The van der Waals surface area contributed by atoms with Crippen molar-refractivity contribution in [2.24, 2.45) is 5.73 Å². The number of rotatable bonds is 10. The molecule has 0 saturated heterocycles. The van der Waals surface area contributed by atoms with Crippen molar-refractivity contribution in [3.63, 3.8) is 0 Å². The number of nitrogens with two attached hydrogens (primary N) is 1. The van der Waals surface area contributed by atoms with Gasteiger partial charge in [-0.1, -0.05) is 25.0 Å². The Hall–Kier alpha value is -1.15. The number of hydrogen-bond acceptors (Lipinski definition) is 4. The molecule has 0 heterocycles. The third-order valence-corrected chi connectivity index (χ3v) is 5.12. The molecule has 1 amide bonds. The van der Waals surface area contributed by atoms with Crippen molar-refractivity contribution in [3.05, 3.63) is 29.8 Å². The van der Waals surface area contributed by atoms with Crippen LogP contribution in [0, 0.1) is 0 Å². The zero-order chi connectivity index (χ0) is 17.3. The quantitative estimate of drug-likeness (QED) is 0.543. The lowest BCUT2D eigenvalue weighted by atomic mass is 10.1. The van der Waals surface area contributed by atoms with Gasteiger partial charge >= 0.3 is 0 Å². The molecule has 0 aliphatic heterocycles. The fourth-order valence-corrected chi connectivity index (χ4v) is 2.96. The number of halogens is 1. The van der Waals surface area contributed by atoms with Crippen LogP contribution in [0.2, 0.25) is 0 Å². The highest BCUT2D eigenvalue weighted by Crippen LogP contribution is 2.16. The molecule has 8 heteroatoms. The average molecular weight is 378 g/mol. The van der Waals surface area contributed by atoms with Gasteiger partial charge in [0.25, 0.3) is 0 Å². The monoisotopic (exact) mass is 377 g/mol. The number of hydrogen-bond donors (Lipinski definition) is 3. The van der Waals surface area contributed by atoms with Gasteiger partial charge in [0.05, 0.1) is 10.9 Å². The lowest BCUT2D eigenvalue weighted by molar-refractivity contribution is -0.121. The molecule has 0 aromatic heterocycles. The summed E-state index contributed by atoms with van der Waals surface area (Å²) in [7, 11) is -2.06. The van der Waals surface area contributed by atoms with E-state index in [0.29, 0.717) is 13.0 Å². The molecule has 138 valence electrons. The van der Waals surface area contributed by atoms with Gasteiger partial charge in [0.1, 0.15) is 0 Å². The number of nitrogens with one attached hydrogen (secondary N) is 2. The molecule has 0 fully saturated rings. The van der Waals surface area contributed by atoms with Gasteiger partial charge in [0, 0.05) is 6.42 Å². The van der Waals surface area contributed by atoms with Crippen LogP contribution in [0.5, 0.6) is 0 Å². The predicted octanol–water partition coefficient (Wildman–Crippen LogP) is 2.10. The van der Waals surface area contributed by atoms with E-state index in [2.05, 4.69) is 10.0 Å². The first-order valence-electron chi connectivity index (χ1n) is 7.93. The smallest absolute Gasteiger partial charge is 0.240 e. The zero-order valence-electron chi connectivity index (χ0n) is 14.2. The third-order valence-electron chi connectivity index (χ3n) is 3.69. The highest BCUT2D eigenvalue weighted by molar-refractivity contribution is 7.89. The Morgan fingerprint density at radius 3 is 2.25 bits per heavy atom. The van der Waals surface area contributed by atoms with Gasteiger partial charge in [-0.2, -0.15) is 0 Å². The molecule has 0 radical (unpaired) electrons. The van der Waals surface area contributed by atoms with Crippen molar-refractivity contribution in [1.29, 1.82) is 0 Å². The summed E-state index contributed by atoms with van der Waals surface area (Å²) in [4.78, 5) is 12.1. The Morgan fingerprint density at radius 1 is 1.12 bits per heavy atom. The minimum Gasteiger partial charge on any atom is -0.350 e. The fourth-order valence-electron chi connectivity index (χ4n) is 2.23. The molecule has 6 nitrogen and oxygen atoms in total. The second kappa shape index (κ2) is 11.4. The van der Waals surface area contributed by atoms with Crippen LogP contribution in [0.15, 0.2) is 29.2 Å². The summed E-state index contributed by atoms with van der Waals surface area (Å²) < 4.78 is 25.6. The van der Waals surface area contributed by atoms with Crippen molar-refractivity contribution >= 4 is 28.3 Å². The van der Waals surface area contributed by atoms with Gasteiger partial charge in [-0.05, 0) is 51.1 Å². The van der Waals surface area contributed by atoms with Gasteiger partial charge in [-0.3, -0.25) is 4.79 Å². The van der Waals surface area contributed by atoms with Gasteiger partial charge in [-0.15, -0.1) is 12.4 Å². The van der Waals surface area contributed by atoms with Crippen LogP contribution in [0.1, 0.15) is 50.6 Å². The summed E-state index contributed by atoms with van der Waals surface area (Å²) in [5.74, 6) is 0.0113. The number of carbonyl (C=O) groups is 1. The molecule has 1 unspecified atom stereocenters. The number of unbranched alkanes of at least 4 members (excludes halogenated alkanes) is 3. The minimum absolute atomic E-state index is 0. The van der Waals surface area contributed by atoms with E-state index in [4.69, 9.17) is 5.73 Å². The summed E-state index contributed by atoms with van der Waals surface area (Å²) in [6, 6.07) is 6.36. The molecule has 0 bridgehead atoms. The van der Waals surface area contributed by atoms with E-state index in [1.165, 1.54) is 19.2 Å². The maximum atomic E-state index is 11.9. The van der Waals surface area contributed by atoms with E-state index in [0.717, 1.165) is 31.2 Å². The Bertz CT molecular complexity index is 591. The highest BCUT2D eigenvalue weighted by Gasteiger charge is 2.13. The van der Waals surface area contributed by atoms with E-state index < -0.39 is 10.0 Å². The van der Waals surface area contributed by atoms with E-state index >= 15 is 0 Å². The largest absolute Gasteiger partial charge is 0.350 e. The maximum Gasteiger partial charge on any atom is 0.240 e. The van der Waals surface area contributed by atoms with E-state index in [9.17, 15) is 13.2 Å². The second-order valence-corrected chi connectivity index (χ2v) is 7.41. The first kappa shape index (κ1) is 22.9. The molecular formula is C16H28ClN3O3S. The minimum atomic E-state index is -3.43. The number of amides is 1. The van der Waals surface area contributed by atoms with E-state index in [1.54, 1.807) is 12.1 Å². The molecule has 1 rings (SSSR count). The SMILES string of the molecule is CNS(=O)(=O)c1ccc(C(C)NC(=O)CCCCCCN)cc1.Cl. The number of benzene rings is 1. The van der Waals surface area contributed by atoms with Crippen molar-refractivity contribution < 1.29 is 13.2 Å². The van der Waals surface area contributed by atoms with Gasteiger partial charge in [-0.25, -0.2) is 13.1 Å². The molecule has 0 spiro atoms. The van der Waals surface area contributed by atoms with Crippen molar-refractivity contribution in [3.8, 4) is 0 Å². The number of carbonyl (C=O) groups excluding carboxylic acids is 1. The Balaban J connectivity index is 0.00000529. The number of sulfonamides is 1. The van der Waals surface area contributed by atoms with Crippen LogP contribution in [-0.2, 0) is 14.8 Å². The van der Waals surface area contributed by atoms with Crippen LogP contribution in [-0.4, -0.2) is 27.9 Å². The average Bonchev–Trinajstić information content (AvgIpc) is 2.54. The van der Waals surface area contributed by atoms with Crippen LogP contribution in [0.4, 0.5) is 0 Å². The third kappa shape index (κ3) is 7.61. The molecule has 1 aromatic rings. The first-order valence-corrected chi connectivity index (χ1v) is 9.42. The van der Waals surface area contributed by atoms with Crippen LogP contribution in [0.25, 0.3) is 0 Å². The summed E-state index contributed by atoms with van der Waals surface area (Å²) in [5, 5.41) is 2.93. The Morgan fingerprint density at radius 2 is 1.71 bits per heavy atom. The van der Waals surface area contributed by atoms with Crippen LogP contribution < -0.4 is 15.8 Å².